The fourth-order valence-electron chi connectivity index (χ4n) is 4.25. The predicted octanol–water partition coefficient (Wildman–Crippen LogP) is 4.21. The fraction of sp³-hybridized carbons (Fsp3) is 0.400. The van der Waals surface area contributed by atoms with Crippen LogP contribution in [-0.4, -0.2) is 41.7 Å². The summed E-state index contributed by atoms with van der Waals surface area (Å²) < 4.78 is 12.7. The van der Waals surface area contributed by atoms with Gasteiger partial charge in [-0.15, -0.1) is 0 Å². The molecule has 1 aliphatic heterocycles. The first-order chi connectivity index (χ1) is 15.5. The minimum Gasteiger partial charge on any atom is -0.497 e. The number of ether oxygens (including phenoxy) is 2. The van der Waals surface area contributed by atoms with Crippen LogP contribution in [0.25, 0.3) is 11.0 Å². The summed E-state index contributed by atoms with van der Waals surface area (Å²) in [6.07, 6.45) is 0.803. The first-order valence-corrected chi connectivity index (χ1v) is 11.0. The van der Waals surface area contributed by atoms with E-state index < -0.39 is 17.9 Å². The van der Waals surface area contributed by atoms with Crippen LogP contribution in [0.5, 0.6) is 5.75 Å². The zero-order valence-electron chi connectivity index (χ0n) is 18.9. The molecule has 1 aromatic heterocycles. The molecule has 1 amide bonds. The van der Waals surface area contributed by atoms with E-state index in [0.717, 1.165) is 23.0 Å². The van der Waals surface area contributed by atoms with Gasteiger partial charge in [-0.25, -0.2) is 4.98 Å². The quantitative estimate of drug-likeness (QED) is 0.411. The minimum atomic E-state index is -0.999. The van der Waals surface area contributed by atoms with E-state index in [-0.39, 0.29) is 12.5 Å². The van der Waals surface area contributed by atoms with Gasteiger partial charge in [0.05, 0.1) is 30.8 Å². The second-order valence-corrected chi connectivity index (χ2v) is 8.39. The zero-order chi connectivity index (χ0) is 22.8. The number of methoxy groups -OCH3 is 1. The van der Waals surface area contributed by atoms with E-state index >= 15 is 0 Å². The number of benzene rings is 2. The first-order valence-electron chi connectivity index (χ1n) is 11.0. The van der Waals surface area contributed by atoms with Gasteiger partial charge >= 0.3 is 5.97 Å². The molecule has 1 aliphatic rings. The maximum Gasteiger partial charge on any atom is 0.321 e. The normalized spacial score (nSPS) is 18.2. The Balaban J connectivity index is 1.94. The largest absolute Gasteiger partial charge is 0.497 e. The molecule has 0 bridgehead atoms. The predicted molar refractivity (Wildman–Crippen MR) is 123 cm³/mol. The molecular formula is C25H29N3O4. The van der Waals surface area contributed by atoms with E-state index in [4.69, 9.17) is 14.5 Å². The molecule has 7 heteroatoms. The number of esters is 1. The van der Waals surface area contributed by atoms with Gasteiger partial charge < -0.3 is 14.0 Å². The van der Waals surface area contributed by atoms with Gasteiger partial charge in [0.15, 0.2) is 5.92 Å². The summed E-state index contributed by atoms with van der Waals surface area (Å²) in [6, 6.07) is 14.7. The van der Waals surface area contributed by atoms with Gasteiger partial charge in [0.1, 0.15) is 5.75 Å². The summed E-state index contributed by atoms with van der Waals surface area (Å²) >= 11 is 0. The Bertz CT molecular complexity index is 1120. The molecule has 4 rings (SSSR count). The average Bonchev–Trinajstić information content (AvgIpc) is 3.17. The monoisotopic (exact) mass is 435 g/mol. The van der Waals surface area contributed by atoms with Crippen molar-refractivity contribution >= 4 is 28.9 Å². The average molecular weight is 436 g/mol. The van der Waals surface area contributed by atoms with Crippen molar-refractivity contribution in [1.82, 2.24) is 9.55 Å². The third-order valence-corrected chi connectivity index (χ3v) is 5.87. The summed E-state index contributed by atoms with van der Waals surface area (Å²) in [6.45, 7) is 6.68. The molecule has 0 fully saturated rings. The number of aromatic nitrogens is 2. The lowest BCUT2D eigenvalue weighted by atomic mass is 9.89. The number of imidazole rings is 1. The van der Waals surface area contributed by atoms with Crippen LogP contribution in [0.1, 0.15) is 38.8 Å². The smallest absolute Gasteiger partial charge is 0.321 e. The number of carbonyl (C=O) groups excluding carboxylic acids is 2. The molecule has 2 heterocycles. The van der Waals surface area contributed by atoms with Crippen molar-refractivity contribution in [3.05, 3.63) is 54.1 Å². The lowest BCUT2D eigenvalue weighted by Crippen LogP contribution is -2.50. The van der Waals surface area contributed by atoms with Gasteiger partial charge in [0.2, 0.25) is 11.9 Å². The number of nitrogens with zero attached hydrogens (tertiary/aromatic N) is 3. The van der Waals surface area contributed by atoms with Gasteiger partial charge in [-0.3, -0.25) is 14.5 Å². The van der Waals surface area contributed by atoms with E-state index in [1.807, 2.05) is 53.1 Å². The Labute approximate surface area is 187 Å². The maximum absolute atomic E-state index is 13.7. The van der Waals surface area contributed by atoms with Crippen molar-refractivity contribution in [2.45, 2.75) is 33.2 Å². The molecule has 3 aromatic rings. The minimum absolute atomic E-state index is 0.210. The molecule has 0 radical (unpaired) electrons. The van der Waals surface area contributed by atoms with E-state index in [9.17, 15) is 9.59 Å². The number of rotatable bonds is 7. The number of amides is 1. The lowest BCUT2D eigenvalue weighted by Gasteiger charge is -2.38. The number of hydrogen-bond donors (Lipinski definition) is 0. The Morgan fingerprint density at radius 1 is 1.12 bits per heavy atom. The Morgan fingerprint density at radius 2 is 1.84 bits per heavy atom. The highest BCUT2D eigenvalue weighted by Gasteiger charge is 2.47. The number of hydrogen-bond acceptors (Lipinski definition) is 5. The molecule has 2 aromatic carbocycles. The molecule has 0 saturated heterocycles. The summed E-state index contributed by atoms with van der Waals surface area (Å²) in [4.78, 5) is 33.3. The van der Waals surface area contributed by atoms with Gasteiger partial charge in [0.25, 0.3) is 0 Å². The highest BCUT2D eigenvalue weighted by Crippen LogP contribution is 2.41. The number of fused-ring (bicyclic) bond motifs is 3. The van der Waals surface area contributed by atoms with Crippen molar-refractivity contribution in [3.8, 4) is 5.75 Å². The third kappa shape index (κ3) is 3.83. The van der Waals surface area contributed by atoms with E-state index in [0.29, 0.717) is 24.2 Å². The Morgan fingerprint density at radius 3 is 2.50 bits per heavy atom. The van der Waals surface area contributed by atoms with Gasteiger partial charge in [-0.2, -0.15) is 0 Å². The number of para-hydroxylation sites is 2. The van der Waals surface area contributed by atoms with Crippen LogP contribution < -0.4 is 9.64 Å². The summed E-state index contributed by atoms with van der Waals surface area (Å²) in [5.74, 6) is -0.110. The Kier molecular flexibility index (Phi) is 6.17. The Hall–Kier alpha value is -3.35. The molecule has 32 heavy (non-hydrogen) atoms. The highest BCUT2D eigenvalue weighted by molar-refractivity contribution is 6.08. The van der Waals surface area contributed by atoms with Crippen molar-refractivity contribution in [2.24, 2.45) is 11.8 Å². The highest BCUT2D eigenvalue weighted by atomic mass is 16.5. The molecule has 0 aliphatic carbocycles. The maximum atomic E-state index is 13.7. The number of anilines is 1. The first kappa shape index (κ1) is 21.9. The van der Waals surface area contributed by atoms with Crippen molar-refractivity contribution in [1.29, 1.82) is 0 Å². The van der Waals surface area contributed by atoms with Gasteiger partial charge in [-0.1, -0.05) is 38.1 Å². The molecule has 168 valence electrons. The van der Waals surface area contributed by atoms with Crippen LogP contribution in [0.3, 0.4) is 0 Å². The summed E-state index contributed by atoms with van der Waals surface area (Å²) in [7, 11) is 1.61. The van der Waals surface area contributed by atoms with Crippen LogP contribution in [0, 0.1) is 11.8 Å². The van der Waals surface area contributed by atoms with Gasteiger partial charge in [0, 0.05) is 6.54 Å². The van der Waals surface area contributed by atoms with Crippen molar-refractivity contribution in [2.75, 3.05) is 25.2 Å². The van der Waals surface area contributed by atoms with E-state index in [2.05, 4.69) is 13.8 Å². The number of carbonyl (C=O) groups is 2. The second kappa shape index (κ2) is 9.02. The lowest BCUT2D eigenvalue weighted by molar-refractivity contribution is -0.153. The topological polar surface area (TPSA) is 73.7 Å². The summed E-state index contributed by atoms with van der Waals surface area (Å²) in [5, 5.41) is 0. The molecule has 7 nitrogen and oxygen atoms in total. The zero-order valence-corrected chi connectivity index (χ0v) is 18.9. The van der Waals surface area contributed by atoms with Gasteiger partial charge in [-0.05, 0) is 49.1 Å². The summed E-state index contributed by atoms with van der Waals surface area (Å²) in [5.41, 5.74) is 2.48. The van der Waals surface area contributed by atoms with Crippen LogP contribution >= 0.6 is 0 Å². The van der Waals surface area contributed by atoms with Crippen molar-refractivity contribution < 1.29 is 19.1 Å². The SMILES string of the molecule is CCOC(=O)[C@H]1C(=O)N(CCC(C)C)c2nc3ccccc3n2[C@@H]1c1ccc(OC)cc1. The van der Waals surface area contributed by atoms with E-state index in [1.54, 1.807) is 18.9 Å². The van der Waals surface area contributed by atoms with Crippen LogP contribution in [-0.2, 0) is 14.3 Å². The third-order valence-electron chi connectivity index (χ3n) is 5.87. The molecule has 2 atom stereocenters. The molecular weight excluding hydrogens is 406 g/mol. The molecule has 0 spiro atoms. The molecule has 0 unspecified atom stereocenters. The van der Waals surface area contributed by atoms with Crippen molar-refractivity contribution in [3.63, 3.8) is 0 Å². The van der Waals surface area contributed by atoms with Crippen LogP contribution in [0.2, 0.25) is 0 Å². The molecule has 0 saturated carbocycles. The fourth-order valence-corrected chi connectivity index (χ4v) is 4.25. The van der Waals surface area contributed by atoms with Crippen LogP contribution in [0.15, 0.2) is 48.5 Å². The standard InChI is InChI=1S/C25H29N3O4/c1-5-32-24(30)21-22(17-10-12-18(31-4)13-11-17)28-20-9-7-6-8-19(20)26-25(28)27(23(21)29)15-14-16(2)3/h6-13,16,21-22H,5,14-15H2,1-4H3/t21-,22-/m1/s1. The van der Waals surface area contributed by atoms with E-state index in [1.165, 1.54) is 0 Å². The van der Waals surface area contributed by atoms with Crippen LogP contribution in [0.4, 0.5) is 5.95 Å². The molecule has 0 N–H and O–H groups in total. The second-order valence-electron chi connectivity index (χ2n) is 8.39.